The van der Waals surface area contributed by atoms with Crippen LogP contribution in [0, 0.1) is 11.6 Å². The van der Waals surface area contributed by atoms with Crippen LogP contribution < -0.4 is 19.9 Å². The SMILES string of the molecule is O=C(CN1C(=O)COc2cc(Br)ccc21)Nc1cc(F)c(N2CCCC2)c(F)c1. The summed E-state index contributed by atoms with van der Waals surface area (Å²) in [6.07, 6.45) is 1.78. The largest absolute Gasteiger partial charge is 0.482 e. The first-order chi connectivity index (χ1) is 13.9. The van der Waals surface area contributed by atoms with Gasteiger partial charge in [-0.2, -0.15) is 0 Å². The molecular weight excluding hydrogens is 448 g/mol. The van der Waals surface area contributed by atoms with Crippen LogP contribution in [0.5, 0.6) is 5.75 Å². The van der Waals surface area contributed by atoms with Crippen molar-refractivity contribution in [3.63, 3.8) is 0 Å². The molecule has 2 aromatic carbocycles. The molecule has 0 radical (unpaired) electrons. The second-order valence-corrected chi connectivity index (χ2v) is 7.83. The molecule has 6 nitrogen and oxygen atoms in total. The minimum absolute atomic E-state index is 0.00434. The van der Waals surface area contributed by atoms with Gasteiger partial charge in [-0.15, -0.1) is 0 Å². The lowest BCUT2D eigenvalue weighted by atomic mass is 10.2. The Hall–Kier alpha value is -2.68. The van der Waals surface area contributed by atoms with E-state index in [0.29, 0.717) is 24.5 Å². The number of benzene rings is 2. The smallest absolute Gasteiger partial charge is 0.265 e. The molecule has 152 valence electrons. The number of halogens is 3. The van der Waals surface area contributed by atoms with E-state index in [1.807, 2.05) is 0 Å². The Morgan fingerprint density at radius 2 is 1.83 bits per heavy atom. The molecule has 29 heavy (non-hydrogen) atoms. The number of amides is 2. The molecule has 1 fully saturated rings. The molecular formula is C20H18BrF2N3O3. The molecule has 0 aliphatic carbocycles. The van der Waals surface area contributed by atoms with Crippen LogP contribution in [0.2, 0.25) is 0 Å². The third-order valence-corrected chi connectivity index (χ3v) is 5.38. The van der Waals surface area contributed by atoms with Gasteiger partial charge in [0.2, 0.25) is 5.91 Å². The molecule has 2 heterocycles. The number of anilines is 3. The van der Waals surface area contributed by atoms with Crippen LogP contribution in [0.1, 0.15) is 12.8 Å². The number of nitrogens with zero attached hydrogens (tertiary/aromatic N) is 2. The summed E-state index contributed by atoms with van der Waals surface area (Å²) >= 11 is 3.33. The predicted octanol–water partition coefficient (Wildman–Crippen LogP) is 3.69. The zero-order chi connectivity index (χ0) is 20.5. The van der Waals surface area contributed by atoms with Gasteiger partial charge in [0.15, 0.2) is 18.2 Å². The molecule has 0 aromatic heterocycles. The number of hydrogen-bond donors (Lipinski definition) is 1. The van der Waals surface area contributed by atoms with Crippen LogP contribution >= 0.6 is 15.9 Å². The number of nitrogens with one attached hydrogen (secondary N) is 1. The van der Waals surface area contributed by atoms with Gasteiger partial charge in [-0.05, 0) is 43.2 Å². The highest BCUT2D eigenvalue weighted by Crippen LogP contribution is 2.34. The van der Waals surface area contributed by atoms with Crippen molar-refractivity contribution in [2.45, 2.75) is 12.8 Å². The maximum absolute atomic E-state index is 14.5. The summed E-state index contributed by atoms with van der Waals surface area (Å²) in [6, 6.07) is 7.29. The van der Waals surface area contributed by atoms with Gasteiger partial charge in [-0.1, -0.05) is 15.9 Å². The van der Waals surface area contributed by atoms with Crippen molar-refractivity contribution >= 4 is 44.8 Å². The van der Waals surface area contributed by atoms with Crippen LogP contribution in [-0.2, 0) is 9.59 Å². The second kappa shape index (κ2) is 7.98. The first kappa shape index (κ1) is 19.6. The Kier molecular flexibility index (Phi) is 5.40. The molecule has 0 atom stereocenters. The van der Waals surface area contributed by atoms with Crippen molar-refractivity contribution in [3.05, 3.63) is 46.4 Å². The molecule has 2 amide bonds. The van der Waals surface area contributed by atoms with E-state index in [1.54, 1.807) is 23.1 Å². The molecule has 9 heteroatoms. The van der Waals surface area contributed by atoms with Crippen molar-refractivity contribution in [2.75, 3.05) is 41.4 Å². The normalized spacial score (nSPS) is 15.9. The highest BCUT2D eigenvalue weighted by molar-refractivity contribution is 9.10. The molecule has 2 aliphatic rings. The minimum Gasteiger partial charge on any atom is -0.482 e. The van der Waals surface area contributed by atoms with Crippen LogP contribution in [0.4, 0.5) is 25.8 Å². The van der Waals surface area contributed by atoms with Gasteiger partial charge in [0, 0.05) is 23.2 Å². The van der Waals surface area contributed by atoms with Crippen LogP contribution in [0.15, 0.2) is 34.8 Å². The van der Waals surface area contributed by atoms with Gasteiger partial charge >= 0.3 is 0 Å². The zero-order valence-electron chi connectivity index (χ0n) is 15.4. The first-order valence-electron chi connectivity index (χ1n) is 9.19. The Morgan fingerprint density at radius 1 is 1.14 bits per heavy atom. The molecule has 2 aliphatic heterocycles. The van der Waals surface area contributed by atoms with Gasteiger partial charge in [0.05, 0.1) is 5.69 Å². The zero-order valence-corrected chi connectivity index (χ0v) is 17.0. The quantitative estimate of drug-likeness (QED) is 0.747. The fourth-order valence-electron chi connectivity index (χ4n) is 3.58. The number of hydrogen-bond acceptors (Lipinski definition) is 4. The van der Waals surface area contributed by atoms with E-state index in [1.165, 1.54) is 4.90 Å². The summed E-state index contributed by atoms with van der Waals surface area (Å²) in [5.41, 5.74) is 0.398. The van der Waals surface area contributed by atoms with Crippen molar-refractivity contribution in [3.8, 4) is 5.75 Å². The summed E-state index contributed by atoms with van der Waals surface area (Å²) in [6.45, 7) is 0.723. The monoisotopic (exact) mass is 465 g/mol. The van der Waals surface area contributed by atoms with Gasteiger partial charge in [0.1, 0.15) is 18.0 Å². The Bertz CT molecular complexity index is 956. The number of fused-ring (bicyclic) bond motifs is 1. The molecule has 1 saturated heterocycles. The van der Waals surface area contributed by atoms with E-state index in [0.717, 1.165) is 29.4 Å². The lowest BCUT2D eigenvalue weighted by Gasteiger charge is -2.29. The van der Waals surface area contributed by atoms with Gasteiger partial charge in [-0.25, -0.2) is 8.78 Å². The molecule has 2 aromatic rings. The Labute approximate surface area is 174 Å². The van der Waals surface area contributed by atoms with Gasteiger partial charge in [-0.3, -0.25) is 14.5 Å². The van der Waals surface area contributed by atoms with E-state index in [4.69, 9.17) is 4.74 Å². The van der Waals surface area contributed by atoms with E-state index in [2.05, 4.69) is 21.2 Å². The maximum atomic E-state index is 14.5. The fraction of sp³-hybridized carbons (Fsp3) is 0.300. The summed E-state index contributed by atoms with van der Waals surface area (Å²) in [7, 11) is 0. The highest BCUT2D eigenvalue weighted by atomic mass is 79.9. The third kappa shape index (κ3) is 4.05. The first-order valence-corrected chi connectivity index (χ1v) is 9.98. The van der Waals surface area contributed by atoms with E-state index >= 15 is 0 Å². The van der Waals surface area contributed by atoms with E-state index in [9.17, 15) is 18.4 Å². The summed E-state index contributed by atoms with van der Waals surface area (Å²) in [5, 5.41) is 2.47. The lowest BCUT2D eigenvalue weighted by molar-refractivity contribution is -0.123. The average molecular weight is 466 g/mol. The highest BCUT2D eigenvalue weighted by Gasteiger charge is 2.28. The van der Waals surface area contributed by atoms with Crippen LogP contribution in [-0.4, -0.2) is 38.1 Å². The average Bonchev–Trinajstić information content (AvgIpc) is 3.17. The number of carbonyl (C=O) groups is 2. The van der Waals surface area contributed by atoms with Crippen molar-refractivity contribution in [1.82, 2.24) is 0 Å². The van der Waals surface area contributed by atoms with Crippen molar-refractivity contribution in [2.24, 2.45) is 0 Å². The number of carbonyl (C=O) groups excluding carboxylic acids is 2. The number of ether oxygens (including phenoxy) is 1. The molecule has 0 saturated carbocycles. The second-order valence-electron chi connectivity index (χ2n) is 6.91. The summed E-state index contributed by atoms with van der Waals surface area (Å²) in [4.78, 5) is 27.6. The van der Waals surface area contributed by atoms with Crippen molar-refractivity contribution < 1.29 is 23.1 Å². The molecule has 0 unspecified atom stereocenters. The molecule has 0 bridgehead atoms. The van der Waals surface area contributed by atoms with Crippen LogP contribution in [0.3, 0.4) is 0 Å². The Balaban J connectivity index is 1.50. The van der Waals surface area contributed by atoms with Gasteiger partial charge in [0.25, 0.3) is 5.91 Å². The van der Waals surface area contributed by atoms with Crippen molar-refractivity contribution in [1.29, 1.82) is 0 Å². The maximum Gasteiger partial charge on any atom is 0.265 e. The Morgan fingerprint density at radius 3 is 2.52 bits per heavy atom. The van der Waals surface area contributed by atoms with Crippen LogP contribution in [0.25, 0.3) is 0 Å². The fourth-order valence-corrected chi connectivity index (χ4v) is 3.92. The van der Waals surface area contributed by atoms with E-state index < -0.39 is 17.5 Å². The summed E-state index contributed by atoms with van der Waals surface area (Å²) < 4.78 is 35.1. The molecule has 1 N–H and O–H groups in total. The molecule has 4 rings (SSSR count). The predicted molar refractivity (Wildman–Crippen MR) is 108 cm³/mol. The number of rotatable bonds is 4. The standard InChI is InChI=1S/C20H18BrF2N3O3/c21-12-3-4-16-17(7-12)29-11-19(28)26(16)10-18(27)24-13-8-14(22)20(15(23)9-13)25-5-1-2-6-25/h3-4,7-9H,1-2,5-6,10-11H2,(H,24,27). The molecule has 0 spiro atoms. The lowest BCUT2D eigenvalue weighted by Crippen LogP contribution is -2.43. The topological polar surface area (TPSA) is 61.9 Å². The van der Waals surface area contributed by atoms with Gasteiger partial charge < -0.3 is 15.0 Å². The third-order valence-electron chi connectivity index (χ3n) is 4.89. The van der Waals surface area contributed by atoms with E-state index in [-0.39, 0.29) is 30.4 Å². The summed E-state index contributed by atoms with van der Waals surface area (Å²) in [5.74, 6) is -1.92. The minimum atomic E-state index is -0.722.